The van der Waals surface area contributed by atoms with Crippen molar-refractivity contribution < 1.29 is 24.2 Å². The van der Waals surface area contributed by atoms with Crippen LogP contribution in [0.25, 0.3) is 0 Å². The van der Waals surface area contributed by atoms with Crippen LogP contribution in [0.15, 0.2) is 109 Å². The quantitative estimate of drug-likeness (QED) is 0.0373. The Labute approximate surface area is 440 Å². The van der Waals surface area contributed by atoms with Crippen LogP contribution in [0.2, 0.25) is 0 Å². The fraction of sp³-hybridized carbons (Fsp3) is 0.697. The number of carbonyl (C=O) groups is 2. The van der Waals surface area contributed by atoms with E-state index >= 15 is 0 Å². The number of aliphatic hydroxyl groups excluding tert-OH is 1. The third-order valence-corrected chi connectivity index (χ3v) is 12.8. The van der Waals surface area contributed by atoms with E-state index in [2.05, 4.69) is 123 Å². The lowest BCUT2D eigenvalue weighted by molar-refractivity contribution is -0.161. The molecule has 406 valence electrons. The maximum atomic E-state index is 12.3. The van der Waals surface area contributed by atoms with Crippen LogP contribution in [0, 0.1) is 0 Å². The summed E-state index contributed by atoms with van der Waals surface area (Å²) in [4.78, 5) is 24.5. The number of rotatable bonds is 54. The Morgan fingerprint density at radius 2 is 0.606 bits per heavy atom. The number of allylic oxidation sites excluding steroid dienone is 18. The zero-order valence-corrected chi connectivity index (χ0v) is 46.5. The summed E-state index contributed by atoms with van der Waals surface area (Å²) in [6, 6.07) is 0. The van der Waals surface area contributed by atoms with Crippen molar-refractivity contribution in [1.82, 2.24) is 0 Å². The molecule has 0 spiro atoms. The molecule has 0 radical (unpaired) electrons. The molecule has 0 amide bonds. The maximum absolute atomic E-state index is 12.3. The summed E-state index contributed by atoms with van der Waals surface area (Å²) in [7, 11) is 0. The zero-order valence-electron chi connectivity index (χ0n) is 46.5. The van der Waals surface area contributed by atoms with E-state index in [1.165, 1.54) is 161 Å². The van der Waals surface area contributed by atoms with Crippen LogP contribution in [-0.4, -0.2) is 36.4 Å². The van der Waals surface area contributed by atoms with Crippen molar-refractivity contribution in [3.05, 3.63) is 109 Å². The molecule has 1 N–H and O–H groups in total. The fourth-order valence-corrected chi connectivity index (χ4v) is 8.38. The highest BCUT2D eigenvalue weighted by molar-refractivity contribution is 5.70. The minimum Gasteiger partial charge on any atom is -0.462 e. The Bertz CT molecular complexity index is 1390. The third-order valence-electron chi connectivity index (χ3n) is 12.8. The van der Waals surface area contributed by atoms with Crippen molar-refractivity contribution >= 4 is 11.9 Å². The number of aliphatic hydroxyl groups is 1. The molecule has 0 saturated carbocycles. The lowest BCUT2D eigenvalue weighted by atomic mass is 10.0. The SMILES string of the molecule is CC/C=C\C/C=C\C/C=C\C/C=C\C/C=C\C/C=C\C/C=C\C/C=C\C/C=C\CCCC(=O)OC(CO)COC(=O)CCCCCCCCCCCCCCCCCCCCCCCCCCCCCC. The van der Waals surface area contributed by atoms with Crippen molar-refractivity contribution in [1.29, 1.82) is 0 Å². The number of carbonyl (C=O) groups excluding carboxylic acids is 2. The molecule has 5 nitrogen and oxygen atoms in total. The molecular weight excluding hydrogens is 873 g/mol. The summed E-state index contributed by atoms with van der Waals surface area (Å²) in [5.41, 5.74) is 0. The predicted octanol–water partition coefficient (Wildman–Crippen LogP) is 20.5. The van der Waals surface area contributed by atoms with Crippen LogP contribution < -0.4 is 0 Å². The van der Waals surface area contributed by atoms with Gasteiger partial charge in [-0.15, -0.1) is 0 Å². The molecule has 0 aliphatic heterocycles. The number of hydrogen-bond donors (Lipinski definition) is 1. The van der Waals surface area contributed by atoms with Crippen molar-refractivity contribution in [3.8, 4) is 0 Å². The Morgan fingerprint density at radius 1 is 0.338 bits per heavy atom. The molecule has 0 aromatic carbocycles. The van der Waals surface area contributed by atoms with Gasteiger partial charge in [0.25, 0.3) is 0 Å². The van der Waals surface area contributed by atoms with Gasteiger partial charge in [-0.2, -0.15) is 0 Å². The van der Waals surface area contributed by atoms with Crippen LogP contribution in [0.4, 0.5) is 0 Å². The number of hydrogen-bond acceptors (Lipinski definition) is 5. The average Bonchev–Trinajstić information content (AvgIpc) is 3.37. The van der Waals surface area contributed by atoms with Gasteiger partial charge in [0.05, 0.1) is 6.61 Å². The normalized spacial score (nSPS) is 13.0. The minimum atomic E-state index is -0.810. The molecule has 0 aromatic heterocycles. The number of unbranched alkanes of at least 4 members (excludes halogenated alkanes) is 28. The van der Waals surface area contributed by atoms with Gasteiger partial charge in [0.1, 0.15) is 6.61 Å². The average molecular weight is 986 g/mol. The highest BCUT2D eigenvalue weighted by atomic mass is 16.6. The molecule has 0 aliphatic carbocycles. The Kier molecular flexibility index (Phi) is 57.9. The van der Waals surface area contributed by atoms with E-state index in [-0.39, 0.29) is 31.6 Å². The first-order valence-corrected chi connectivity index (χ1v) is 29.9. The fourth-order valence-electron chi connectivity index (χ4n) is 8.38. The van der Waals surface area contributed by atoms with Crippen LogP contribution in [-0.2, 0) is 19.1 Å². The van der Waals surface area contributed by atoms with E-state index in [9.17, 15) is 14.7 Å². The molecule has 0 heterocycles. The predicted molar refractivity (Wildman–Crippen MR) is 311 cm³/mol. The van der Waals surface area contributed by atoms with Gasteiger partial charge >= 0.3 is 11.9 Å². The summed E-state index contributed by atoms with van der Waals surface area (Å²) >= 11 is 0. The number of esters is 2. The van der Waals surface area contributed by atoms with Crippen molar-refractivity contribution in [2.24, 2.45) is 0 Å². The maximum Gasteiger partial charge on any atom is 0.306 e. The molecule has 71 heavy (non-hydrogen) atoms. The van der Waals surface area contributed by atoms with Gasteiger partial charge in [0.15, 0.2) is 6.10 Å². The molecule has 0 aromatic rings. The van der Waals surface area contributed by atoms with Gasteiger partial charge in [-0.25, -0.2) is 0 Å². The summed E-state index contributed by atoms with van der Waals surface area (Å²) in [5, 5.41) is 9.65. The van der Waals surface area contributed by atoms with Gasteiger partial charge in [-0.3, -0.25) is 9.59 Å². The Morgan fingerprint density at radius 3 is 0.901 bits per heavy atom. The number of ether oxygens (including phenoxy) is 2. The van der Waals surface area contributed by atoms with E-state index < -0.39 is 6.10 Å². The minimum absolute atomic E-state index is 0.0927. The lowest BCUT2D eigenvalue weighted by Gasteiger charge is -2.15. The van der Waals surface area contributed by atoms with Crippen LogP contribution in [0.3, 0.4) is 0 Å². The largest absolute Gasteiger partial charge is 0.462 e. The summed E-state index contributed by atoms with van der Waals surface area (Å²) in [6.07, 6.45) is 88.0. The third kappa shape index (κ3) is 59.0. The molecule has 0 bridgehead atoms. The van der Waals surface area contributed by atoms with Crippen LogP contribution >= 0.6 is 0 Å². The summed E-state index contributed by atoms with van der Waals surface area (Å²) in [6.45, 7) is 4.01. The van der Waals surface area contributed by atoms with Gasteiger partial charge < -0.3 is 14.6 Å². The topological polar surface area (TPSA) is 72.8 Å². The second kappa shape index (κ2) is 60.9. The summed E-state index contributed by atoms with van der Waals surface area (Å²) < 4.78 is 10.7. The highest BCUT2D eigenvalue weighted by Gasteiger charge is 2.16. The van der Waals surface area contributed by atoms with Gasteiger partial charge in [-0.1, -0.05) is 297 Å². The van der Waals surface area contributed by atoms with Crippen LogP contribution in [0.5, 0.6) is 0 Å². The van der Waals surface area contributed by atoms with E-state index in [1.54, 1.807) is 0 Å². The first kappa shape index (κ1) is 67.6. The summed E-state index contributed by atoms with van der Waals surface area (Å²) in [5.74, 6) is -0.657. The first-order valence-electron chi connectivity index (χ1n) is 29.9. The monoisotopic (exact) mass is 985 g/mol. The van der Waals surface area contributed by atoms with Crippen molar-refractivity contribution in [2.45, 2.75) is 283 Å². The zero-order chi connectivity index (χ0) is 51.3. The van der Waals surface area contributed by atoms with Gasteiger partial charge in [0, 0.05) is 12.8 Å². The second-order valence-corrected chi connectivity index (χ2v) is 19.7. The van der Waals surface area contributed by atoms with Crippen molar-refractivity contribution in [3.63, 3.8) is 0 Å². The van der Waals surface area contributed by atoms with E-state index in [0.717, 1.165) is 83.5 Å². The molecule has 0 rings (SSSR count). The molecular formula is C66H112O5. The van der Waals surface area contributed by atoms with E-state index in [0.29, 0.717) is 12.8 Å². The second-order valence-electron chi connectivity index (χ2n) is 19.7. The Balaban J connectivity index is 3.59. The smallest absolute Gasteiger partial charge is 0.306 e. The van der Waals surface area contributed by atoms with Crippen molar-refractivity contribution in [2.75, 3.05) is 13.2 Å². The first-order chi connectivity index (χ1) is 35.1. The molecule has 0 aliphatic rings. The van der Waals surface area contributed by atoms with E-state index in [4.69, 9.17) is 9.47 Å². The lowest BCUT2D eigenvalue weighted by Crippen LogP contribution is -2.28. The van der Waals surface area contributed by atoms with E-state index in [1.807, 2.05) is 0 Å². The van der Waals surface area contributed by atoms with Gasteiger partial charge in [-0.05, 0) is 77.0 Å². The Hall–Kier alpha value is -3.44. The molecule has 5 heteroatoms. The van der Waals surface area contributed by atoms with Crippen LogP contribution in [0.1, 0.15) is 277 Å². The molecule has 1 unspecified atom stereocenters. The molecule has 1 atom stereocenters. The van der Waals surface area contributed by atoms with Gasteiger partial charge in [0.2, 0.25) is 0 Å². The molecule has 0 saturated heterocycles. The standard InChI is InChI=1S/C66H112O5/c1-3-5-7-9-11-13-15-17-19-21-23-25-27-29-31-33-35-37-39-41-43-45-47-49-51-53-55-57-59-61-66(69)71-64(62-67)63-70-65(68)60-58-56-54-52-50-48-46-44-42-40-38-36-34-32-30-28-26-24-22-20-18-16-14-12-10-8-6-4-2/h5,7,11,13,17,19,23,25,29,31,35,37,41,43,47,49,53,55,64,67H,3-4,6,8-10,12,14-16,18,20-22,24,26-28,30,32-34,36,38-40,42,44-46,48,50-52,54,56-63H2,1-2H3/b7-5-,13-11-,19-17-,25-23-,31-29-,37-35-,43-41-,49-47-,55-53-. The molecule has 0 fully saturated rings. The highest BCUT2D eigenvalue weighted by Crippen LogP contribution is 2.17.